The van der Waals surface area contributed by atoms with E-state index in [2.05, 4.69) is 15.8 Å². The van der Waals surface area contributed by atoms with Crippen LogP contribution < -0.4 is 15.5 Å². The molecule has 0 spiro atoms. The molecule has 0 radical (unpaired) electrons. The van der Waals surface area contributed by atoms with Gasteiger partial charge in [-0.05, 0) is 54.1 Å². The number of hydrogen-bond acceptors (Lipinski definition) is 4. The number of carbonyl (C=O) groups is 2. The molecule has 0 atom stereocenters. The fourth-order valence-corrected chi connectivity index (χ4v) is 3.33. The lowest BCUT2D eigenvalue weighted by molar-refractivity contribution is -0.124. The molecule has 3 aromatic carbocycles. The van der Waals surface area contributed by atoms with Crippen molar-refractivity contribution in [3.8, 4) is 5.75 Å². The zero-order chi connectivity index (χ0) is 23.6. The fraction of sp³-hybridized carbons (Fsp3) is 0.125. The minimum absolute atomic E-state index is 0.00629. The van der Waals surface area contributed by atoms with E-state index < -0.39 is 0 Å². The minimum Gasteiger partial charge on any atom is -0.489 e. The number of nitrogens with one attached hydrogen (secondary N) is 2. The second-order valence-corrected chi connectivity index (χ2v) is 8.17. The van der Waals surface area contributed by atoms with Crippen LogP contribution in [0.25, 0.3) is 0 Å². The molecule has 0 aliphatic rings. The highest BCUT2D eigenvalue weighted by Gasteiger charge is 2.08. The Bertz CT molecular complexity index is 1150. The summed E-state index contributed by atoms with van der Waals surface area (Å²) in [5.41, 5.74) is 4.50. The molecule has 9 heteroatoms. The Hall–Kier alpha value is -3.06. The molecule has 3 aromatic rings. The first-order valence-corrected chi connectivity index (χ1v) is 11.1. The van der Waals surface area contributed by atoms with Crippen LogP contribution in [0.4, 0.5) is 5.69 Å². The summed E-state index contributed by atoms with van der Waals surface area (Å²) in [7, 11) is 0. The van der Waals surface area contributed by atoms with E-state index in [4.69, 9.17) is 39.5 Å². The summed E-state index contributed by atoms with van der Waals surface area (Å²) in [5, 5.41) is 8.13. The van der Waals surface area contributed by atoms with Gasteiger partial charge in [0.25, 0.3) is 0 Å². The van der Waals surface area contributed by atoms with Gasteiger partial charge < -0.3 is 10.1 Å². The average molecular weight is 505 g/mol. The molecule has 0 aliphatic heterocycles. The summed E-state index contributed by atoms with van der Waals surface area (Å²) >= 11 is 18.0. The van der Waals surface area contributed by atoms with E-state index in [-0.39, 0.29) is 24.7 Å². The Morgan fingerprint density at radius 3 is 2.33 bits per heavy atom. The van der Waals surface area contributed by atoms with Crippen LogP contribution in [-0.4, -0.2) is 18.0 Å². The predicted molar refractivity (Wildman–Crippen MR) is 132 cm³/mol. The van der Waals surface area contributed by atoms with E-state index in [0.717, 1.165) is 11.1 Å². The molecule has 0 bridgehead atoms. The summed E-state index contributed by atoms with van der Waals surface area (Å²) in [4.78, 5) is 23.9. The van der Waals surface area contributed by atoms with E-state index in [1.807, 2.05) is 6.07 Å². The number of anilines is 1. The lowest BCUT2D eigenvalue weighted by Gasteiger charge is -2.08. The van der Waals surface area contributed by atoms with Gasteiger partial charge in [0.05, 0.1) is 16.9 Å². The average Bonchev–Trinajstić information content (AvgIpc) is 2.79. The van der Waals surface area contributed by atoms with Gasteiger partial charge in [0, 0.05) is 28.5 Å². The Morgan fingerprint density at radius 2 is 1.61 bits per heavy atom. The Kier molecular flexibility index (Phi) is 9.13. The largest absolute Gasteiger partial charge is 0.489 e. The van der Waals surface area contributed by atoms with Crippen LogP contribution in [0.15, 0.2) is 71.8 Å². The maximum Gasteiger partial charge on any atom is 0.240 e. The van der Waals surface area contributed by atoms with Gasteiger partial charge in [-0.15, -0.1) is 0 Å². The van der Waals surface area contributed by atoms with Crippen molar-refractivity contribution >= 4 is 58.5 Å². The smallest absolute Gasteiger partial charge is 0.240 e. The Labute approximate surface area is 206 Å². The number of ether oxygens (including phenoxy) is 1. The molecule has 0 unspecified atom stereocenters. The first kappa shape index (κ1) is 24.6. The summed E-state index contributed by atoms with van der Waals surface area (Å²) in [6.45, 7) is 0.309. The van der Waals surface area contributed by atoms with E-state index in [1.54, 1.807) is 60.7 Å². The van der Waals surface area contributed by atoms with Crippen molar-refractivity contribution in [1.82, 2.24) is 5.43 Å². The van der Waals surface area contributed by atoms with Crippen molar-refractivity contribution in [2.75, 3.05) is 5.32 Å². The molecule has 0 saturated carbocycles. The van der Waals surface area contributed by atoms with Gasteiger partial charge >= 0.3 is 0 Å². The maximum absolute atomic E-state index is 12.0. The molecular formula is C24H20Cl3N3O3. The molecule has 170 valence electrons. The van der Waals surface area contributed by atoms with Crippen molar-refractivity contribution in [2.24, 2.45) is 5.10 Å². The van der Waals surface area contributed by atoms with Crippen LogP contribution in [0.3, 0.4) is 0 Å². The zero-order valence-corrected chi connectivity index (χ0v) is 19.6. The molecule has 0 aliphatic carbocycles. The zero-order valence-electron chi connectivity index (χ0n) is 17.4. The van der Waals surface area contributed by atoms with Gasteiger partial charge in [-0.25, -0.2) is 5.43 Å². The van der Waals surface area contributed by atoms with Crippen LogP contribution in [0.5, 0.6) is 5.75 Å². The van der Waals surface area contributed by atoms with Crippen molar-refractivity contribution in [2.45, 2.75) is 19.4 Å². The van der Waals surface area contributed by atoms with E-state index >= 15 is 0 Å². The quantitative estimate of drug-likeness (QED) is 0.273. The van der Waals surface area contributed by atoms with Crippen molar-refractivity contribution in [3.63, 3.8) is 0 Å². The van der Waals surface area contributed by atoms with Gasteiger partial charge in [0.1, 0.15) is 12.4 Å². The third kappa shape index (κ3) is 8.09. The fourth-order valence-electron chi connectivity index (χ4n) is 2.69. The van der Waals surface area contributed by atoms with Crippen LogP contribution in [0, 0.1) is 0 Å². The monoisotopic (exact) mass is 503 g/mol. The lowest BCUT2D eigenvalue weighted by atomic mass is 10.2. The number of carbonyl (C=O) groups excluding carboxylic acids is 2. The minimum atomic E-state index is -0.375. The van der Waals surface area contributed by atoms with Crippen LogP contribution in [-0.2, 0) is 16.2 Å². The van der Waals surface area contributed by atoms with Gasteiger partial charge in [-0.2, -0.15) is 5.10 Å². The third-order valence-electron chi connectivity index (χ3n) is 4.42. The maximum atomic E-state index is 12.0. The van der Waals surface area contributed by atoms with Crippen molar-refractivity contribution in [3.05, 3.63) is 92.9 Å². The molecule has 0 fully saturated rings. The highest BCUT2D eigenvalue weighted by Crippen LogP contribution is 2.23. The van der Waals surface area contributed by atoms with Crippen molar-refractivity contribution < 1.29 is 14.3 Å². The Balaban J connectivity index is 1.40. The second-order valence-electron chi connectivity index (χ2n) is 6.91. The summed E-state index contributed by atoms with van der Waals surface area (Å²) < 4.78 is 5.73. The summed E-state index contributed by atoms with van der Waals surface area (Å²) in [5.74, 6) is -0.0233. The molecule has 2 N–H and O–H groups in total. The molecule has 3 rings (SSSR count). The van der Waals surface area contributed by atoms with Crippen LogP contribution in [0.2, 0.25) is 15.1 Å². The summed E-state index contributed by atoms with van der Waals surface area (Å²) in [6.07, 6.45) is 1.51. The highest BCUT2D eigenvalue weighted by atomic mass is 35.5. The number of halogens is 3. The molecule has 0 saturated heterocycles. The molecule has 6 nitrogen and oxygen atoms in total. The summed E-state index contributed by atoms with van der Waals surface area (Å²) in [6, 6.07) is 19.3. The first-order valence-electron chi connectivity index (χ1n) is 9.94. The standard InChI is InChI=1S/C24H20Cl3N3O3/c25-18-8-7-17(21(27)13-18)15-33-19-9-5-16(6-10-19)14-28-30-24(32)12-11-23(31)29-22-4-2-1-3-20(22)26/h1-10,13-14H,11-12,15H2,(H,29,31)(H,30,32). The number of hydrazone groups is 1. The van der Waals surface area contributed by atoms with Crippen LogP contribution in [0.1, 0.15) is 24.0 Å². The molecule has 2 amide bonds. The number of nitrogens with zero attached hydrogens (tertiary/aromatic N) is 1. The molecule has 0 heterocycles. The van der Waals surface area contributed by atoms with Gasteiger partial charge in [-0.1, -0.05) is 53.0 Å². The topological polar surface area (TPSA) is 79.8 Å². The van der Waals surface area contributed by atoms with Crippen molar-refractivity contribution in [1.29, 1.82) is 0 Å². The molecule has 33 heavy (non-hydrogen) atoms. The van der Waals surface area contributed by atoms with E-state index in [9.17, 15) is 9.59 Å². The number of rotatable bonds is 9. The normalized spacial score (nSPS) is 10.8. The number of amides is 2. The SMILES string of the molecule is O=C(CCC(=O)Nc1ccccc1Cl)NN=Cc1ccc(OCc2ccc(Cl)cc2Cl)cc1. The second kappa shape index (κ2) is 12.3. The van der Waals surface area contributed by atoms with Gasteiger partial charge in [-0.3, -0.25) is 9.59 Å². The van der Waals surface area contributed by atoms with Gasteiger partial charge in [0.2, 0.25) is 11.8 Å². The number of para-hydroxylation sites is 1. The highest BCUT2D eigenvalue weighted by molar-refractivity contribution is 6.35. The number of benzene rings is 3. The molecule has 0 aromatic heterocycles. The van der Waals surface area contributed by atoms with E-state index in [1.165, 1.54) is 6.21 Å². The third-order valence-corrected chi connectivity index (χ3v) is 5.34. The lowest BCUT2D eigenvalue weighted by Crippen LogP contribution is -2.20. The van der Waals surface area contributed by atoms with E-state index in [0.29, 0.717) is 33.1 Å². The predicted octanol–water partition coefficient (Wildman–Crippen LogP) is 6.09. The number of hydrogen-bond donors (Lipinski definition) is 2. The van der Waals surface area contributed by atoms with Crippen LogP contribution >= 0.6 is 34.8 Å². The first-order chi connectivity index (χ1) is 15.9. The van der Waals surface area contributed by atoms with Gasteiger partial charge in [0.15, 0.2) is 0 Å². The molecular weight excluding hydrogens is 485 g/mol. The Morgan fingerprint density at radius 1 is 0.879 bits per heavy atom.